The van der Waals surface area contributed by atoms with Crippen molar-refractivity contribution in [3.05, 3.63) is 150 Å². The fraction of sp³-hybridized carbons (Fsp3) is 0.114. The van der Waals surface area contributed by atoms with Gasteiger partial charge in [0.05, 0.1) is 12.5 Å². The highest BCUT2D eigenvalue weighted by Crippen LogP contribution is 2.56. The first-order valence-corrected chi connectivity index (χ1v) is 13.2. The molecule has 5 aromatic rings. The Morgan fingerprint density at radius 2 is 1.10 bits per heavy atom. The minimum Gasteiger partial charge on any atom is -0.497 e. The van der Waals surface area contributed by atoms with E-state index in [1.807, 2.05) is 30.3 Å². The summed E-state index contributed by atoms with van der Waals surface area (Å²) in [7, 11) is 1.68. The molecule has 0 atom stereocenters. The average molecular weight is 529 g/mol. The Hall–Kier alpha value is -5.03. The van der Waals surface area contributed by atoms with Crippen molar-refractivity contribution in [2.75, 3.05) is 20.3 Å². The highest BCUT2D eigenvalue weighted by molar-refractivity contribution is 5.86. The number of ether oxygens (including phenoxy) is 4. The Labute approximate surface area is 233 Å². The second-order valence-electron chi connectivity index (χ2n) is 9.46. The molecule has 5 heteroatoms. The Morgan fingerprint density at radius 1 is 0.575 bits per heavy atom. The second-order valence-corrected chi connectivity index (χ2v) is 9.46. The molecular formula is C35H28O5. The number of methoxy groups -OCH3 is 1. The van der Waals surface area contributed by atoms with E-state index >= 15 is 0 Å². The van der Waals surface area contributed by atoms with E-state index in [2.05, 4.69) is 72.8 Å². The summed E-state index contributed by atoms with van der Waals surface area (Å²) in [6.07, 6.45) is -0.759. The third-order valence-electron chi connectivity index (χ3n) is 7.28. The van der Waals surface area contributed by atoms with Crippen molar-refractivity contribution in [1.29, 1.82) is 0 Å². The van der Waals surface area contributed by atoms with E-state index in [1.165, 1.54) is 22.3 Å². The van der Waals surface area contributed by atoms with Crippen molar-refractivity contribution in [2.24, 2.45) is 0 Å². The Morgan fingerprint density at radius 3 is 1.68 bits per heavy atom. The molecule has 1 aliphatic carbocycles. The third-order valence-corrected chi connectivity index (χ3v) is 7.28. The first-order chi connectivity index (χ1) is 19.7. The topological polar surface area (TPSA) is 54.0 Å². The van der Waals surface area contributed by atoms with Gasteiger partial charge in [-0.25, -0.2) is 4.79 Å². The number of para-hydroxylation sites is 1. The van der Waals surface area contributed by atoms with Gasteiger partial charge in [-0.1, -0.05) is 91.0 Å². The Bertz CT molecular complexity index is 1560. The molecule has 0 saturated heterocycles. The molecule has 0 saturated carbocycles. The van der Waals surface area contributed by atoms with Gasteiger partial charge in [-0.3, -0.25) is 0 Å². The summed E-state index contributed by atoms with van der Waals surface area (Å²) in [5, 5.41) is 0. The van der Waals surface area contributed by atoms with Crippen LogP contribution in [-0.2, 0) is 10.2 Å². The van der Waals surface area contributed by atoms with Crippen LogP contribution in [0.3, 0.4) is 0 Å². The summed E-state index contributed by atoms with van der Waals surface area (Å²) in [5.74, 6) is 1.94. The maximum Gasteiger partial charge on any atom is 0.513 e. The maximum atomic E-state index is 11.9. The van der Waals surface area contributed by atoms with Gasteiger partial charge in [0.1, 0.15) is 30.5 Å². The number of carbonyl (C=O) groups is 1. The van der Waals surface area contributed by atoms with Crippen LogP contribution in [0, 0.1) is 0 Å². The van der Waals surface area contributed by atoms with Crippen LogP contribution >= 0.6 is 0 Å². The first kappa shape index (κ1) is 25.3. The number of hydrogen-bond acceptors (Lipinski definition) is 5. The van der Waals surface area contributed by atoms with Crippen LogP contribution in [0.15, 0.2) is 127 Å². The quantitative estimate of drug-likeness (QED) is 0.115. The van der Waals surface area contributed by atoms with Crippen LogP contribution in [0.2, 0.25) is 0 Å². The molecule has 0 spiro atoms. The lowest BCUT2D eigenvalue weighted by Gasteiger charge is -2.34. The fourth-order valence-electron chi connectivity index (χ4n) is 5.56. The van der Waals surface area contributed by atoms with E-state index in [-0.39, 0.29) is 13.2 Å². The van der Waals surface area contributed by atoms with E-state index in [1.54, 1.807) is 31.4 Å². The van der Waals surface area contributed by atoms with Crippen molar-refractivity contribution in [3.8, 4) is 28.4 Å². The van der Waals surface area contributed by atoms with Gasteiger partial charge in [-0.05, 0) is 69.8 Å². The molecular weight excluding hydrogens is 500 g/mol. The van der Waals surface area contributed by atoms with E-state index in [9.17, 15) is 4.79 Å². The van der Waals surface area contributed by atoms with Crippen LogP contribution in [-0.4, -0.2) is 26.5 Å². The number of carbonyl (C=O) groups excluding carboxylic acids is 1. The fourth-order valence-corrected chi connectivity index (χ4v) is 5.56. The minimum absolute atomic E-state index is 0.0734. The van der Waals surface area contributed by atoms with E-state index in [0.717, 1.165) is 16.9 Å². The summed E-state index contributed by atoms with van der Waals surface area (Å²) in [6, 6.07) is 42.5. The molecule has 40 heavy (non-hydrogen) atoms. The van der Waals surface area contributed by atoms with Crippen molar-refractivity contribution < 1.29 is 23.7 Å². The van der Waals surface area contributed by atoms with Crippen LogP contribution in [0.4, 0.5) is 4.79 Å². The molecule has 0 bridgehead atoms. The standard InChI is InChI=1S/C35H28O5/c1-37-27-19-15-25(16-20-27)35(32-13-7-5-11-30(32)31-12-6-8-14-33(31)35)26-17-21-28(22-18-26)38-23-24-39-34(36)40-29-9-3-2-4-10-29/h2-22H,23-24H2,1H3. The normalized spacial score (nSPS) is 12.6. The monoisotopic (exact) mass is 528 g/mol. The average Bonchev–Trinajstić information content (AvgIpc) is 3.31. The molecule has 0 unspecified atom stereocenters. The molecule has 0 N–H and O–H groups in total. The minimum atomic E-state index is -0.759. The van der Waals surface area contributed by atoms with Gasteiger partial charge in [0.2, 0.25) is 0 Å². The van der Waals surface area contributed by atoms with Gasteiger partial charge in [0.25, 0.3) is 0 Å². The van der Waals surface area contributed by atoms with Crippen LogP contribution in [0.1, 0.15) is 22.3 Å². The smallest absolute Gasteiger partial charge is 0.497 e. The molecule has 1 aliphatic rings. The third kappa shape index (κ3) is 4.56. The van der Waals surface area contributed by atoms with Gasteiger partial charge >= 0.3 is 6.16 Å². The molecule has 6 rings (SSSR count). The molecule has 5 nitrogen and oxygen atoms in total. The number of rotatable bonds is 8. The zero-order chi connectivity index (χ0) is 27.4. The second kappa shape index (κ2) is 11.0. The SMILES string of the molecule is COc1ccc(C2(c3ccc(OCCOC(=O)Oc4ccccc4)cc3)c3ccccc3-c3ccccc32)cc1. The number of fused-ring (bicyclic) bond motifs is 3. The van der Waals surface area contributed by atoms with Crippen LogP contribution in [0.25, 0.3) is 11.1 Å². The summed E-state index contributed by atoms with van der Waals surface area (Å²) in [6.45, 7) is 0.280. The van der Waals surface area contributed by atoms with Crippen molar-refractivity contribution in [3.63, 3.8) is 0 Å². The highest BCUT2D eigenvalue weighted by Gasteiger charge is 2.45. The number of hydrogen-bond donors (Lipinski definition) is 0. The molecule has 0 amide bonds. The Kier molecular flexibility index (Phi) is 6.94. The van der Waals surface area contributed by atoms with E-state index in [0.29, 0.717) is 11.5 Å². The lowest BCUT2D eigenvalue weighted by atomic mass is 9.68. The first-order valence-electron chi connectivity index (χ1n) is 13.2. The lowest BCUT2D eigenvalue weighted by molar-refractivity contribution is 0.0848. The molecule has 0 radical (unpaired) electrons. The van der Waals surface area contributed by atoms with Gasteiger partial charge in [0.15, 0.2) is 0 Å². The summed E-state index contributed by atoms with van der Waals surface area (Å²) in [5.41, 5.74) is 6.72. The Balaban J connectivity index is 1.26. The zero-order valence-electron chi connectivity index (χ0n) is 22.1. The molecule has 198 valence electrons. The van der Waals surface area contributed by atoms with E-state index in [4.69, 9.17) is 18.9 Å². The molecule has 0 aliphatic heterocycles. The summed E-state index contributed by atoms with van der Waals surface area (Å²) >= 11 is 0. The van der Waals surface area contributed by atoms with Gasteiger partial charge in [0, 0.05) is 0 Å². The predicted molar refractivity (Wildman–Crippen MR) is 154 cm³/mol. The summed E-state index contributed by atoms with van der Waals surface area (Å²) < 4.78 is 21.6. The van der Waals surface area contributed by atoms with Crippen LogP contribution < -0.4 is 14.2 Å². The molecule has 0 fully saturated rings. The van der Waals surface area contributed by atoms with Gasteiger partial charge in [-0.15, -0.1) is 0 Å². The molecule has 0 heterocycles. The highest BCUT2D eigenvalue weighted by atomic mass is 16.7. The predicted octanol–water partition coefficient (Wildman–Crippen LogP) is 7.65. The zero-order valence-corrected chi connectivity index (χ0v) is 22.1. The largest absolute Gasteiger partial charge is 0.513 e. The van der Waals surface area contributed by atoms with Crippen molar-refractivity contribution >= 4 is 6.16 Å². The molecule has 0 aromatic heterocycles. The van der Waals surface area contributed by atoms with Gasteiger partial charge < -0.3 is 18.9 Å². The van der Waals surface area contributed by atoms with E-state index < -0.39 is 11.6 Å². The van der Waals surface area contributed by atoms with Crippen molar-refractivity contribution in [2.45, 2.75) is 5.41 Å². The van der Waals surface area contributed by atoms with Gasteiger partial charge in [-0.2, -0.15) is 0 Å². The maximum absolute atomic E-state index is 11.9. The lowest BCUT2D eigenvalue weighted by Crippen LogP contribution is -2.28. The summed E-state index contributed by atoms with van der Waals surface area (Å²) in [4.78, 5) is 11.9. The number of benzene rings is 5. The van der Waals surface area contributed by atoms with Crippen molar-refractivity contribution in [1.82, 2.24) is 0 Å². The van der Waals surface area contributed by atoms with Crippen LogP contribution in [0.5, 0.6) is 17.2 Å². The molecule has 5 aromatic carbocycles.